The second kappa shape index (κ2) is 5.33. The second-order valence-corrected chi connectivity index (χ2v) is 5.79. The molecule has 0 bridgehead atoms. The Bertz CT molecular complexity index is 447. The molecule has 0 spiro atoms. The van der Waals surface area contributed by atoms with Gasteiger partial charge in [-0.3, -0.25) is 4.79 Å². The lowest BCUT2D eigenvalue weighted by atomic mass is 9.97. The van der Waals surface area contributed by atoms with Gasteiger partial charge in [0, 0.05) is 25.0 Å². The molecule has 0 saturated carbocycles. The second-order valence-electron chi connectivity index (χ2n) is 5.79. The maximum Gasteiger partial charge on any atom is 0.226 e. The van der Waals surface area contributed by atoms with Gasteiger partial charge in [-0.05, 0) is 43.2 Å². The smallest absolute Gasteiger partial charge is 0.226 e. The summed E-state index contributed by atoms with van der Waals surface area (Å²) in [6, 6.07) is 8.70. The van der Waals surface area contributed by atoms with Crippen molar-refractivity contribution in [3.8, 4) is 0 Å². The Balaban J connectivity index is 1.72. The predicted molar refractivity (Wildman–Crippen MR) is 75.7 cm³/mol. The molecule has 2 aliphatic rings. The molecule has 1 heterocycles. The minimum absolute atomic E-state index is 0.143. The minimum atomic E-state index is 0.143. The van der Waals surface area contributed by atoms with Crippen LogP contribution in [0.3, 0.4) is 0 Å². The van der Waals surface area contributed by atoms with Gasteiger partial charge in [-0.25, -0.2) is 0 Å². The van der Waals surface area contributed by atoms with Crippen molar-refractivity contribution in [2.45, 2.75) is 38.1 Å². The zero-order chi connectivity index (χ0) is 13.2. The molecular formula is C16H22N2O. The van der Waals surface area contributed by atoms with E-state index in [1.54, 1.807) is 0 Å². The number of rotatable bonds is 2. The Labute approximate surface area is 114 Å². The topological polar surface area (TPSA) is 46.3 Å². The molecule has 2 N–H and O–H groups in total. The Morgan fingerprint density at radius 1 is 1.21 bits per heavy atom. The van der Waals surface area contributed by atoms with Crippen LogP contribution in [0.25, 0.3) is 0 Å². The normalized spacial score (nSPS) is 23.4. The van der Waals surface area contributed by atoms with E-state index in [0.29, 0.717) is 12.5 Å². The van der Waals surface area contributed by atoms with Crippen molar-refractivity contribution in [1.29, 1.82) is 0 Å². The van der Waals surface area contributed by atoms with Crippen LogP contribution in [-0.4, -0.2) is 29.9 Å². The van der Waals surface area contributed by atoms with Gasteiger partial charge >= 0.3 is 0 Å². The van der Waals surface area contributed by atoms with E-state index in [9.17, 15) is 4.79 Å². The highest BCUT2D eigenvalue weighted by Crippen LogP contribution is 2.29. The summed E-state index contributed by atoms with van der Waals surface area (Å²) in [7, 11) is 0. The maximum atomic E-state index is 12.7. The van der Waals surface area contributed by atoms with Gasteiger partial charge in [0.05, 0.1) is 0 Å². The van der Waals surface area contributed by atoms with Crippen molar-refractivity contribution in [2.24, 2.45) is 11.7 Å². The number of piperidine rings is 1. The summed E-state index contributed by atoms with van der Waals surface area (Å²) in [4.78, 5) is 14.8. The zero-order valence-corrected chi connectivity index (χ0v) is 11.3. The number of hydrogen-bond acceptors (Lipinski definition) is 2. The van der Waals surface area contributed by atoms with Crippen LogP contribution in [-0.2, 0) is 17.6 Å². The third-order valence-electron chi connectivity index (χ3n) is 4.58. The largest absolute Gasteiger partial charge is 0.338 e. The van der Waals surface area contributed by atoms with Gasteiger partial charge in [-0.2, -0.15) is 0 Å². The molecule has 1 amide bonds. The first-order valence-electron chi connectivity index (χ1n) is 7.37. The standard InChI is InChI=1S/C16H22N2O/c17-11-15-7-3-4-8-18(15)16(19)14-9-12-5-1-2-6-13(12)10-14/h1-2,5-6,14-15H,3-4,7-11,17H2. The number of fused-ring (bicyclic) bond motifs is 1. The van der Waals surface area contributed by atoms with Crippen LogP contribution < -0.4 is 5.73 Å². The first-order chi connectivity index (χ1) is 9.29. The first kappa shape index (κ1) is 12.7. The molecule has 1 aromatic carbocycles. The van der Waals surface area contributed by atoms with Crippen molar-refractivity contribution >= 4 is 5.91 Å². The zero-order valence-electron chi connectivity index (χ0n) is 11.3. The average molecular weight is 258 g/mol. The monoisotopic (exact) mass is 258 g/mol. The van der Waals surface area contributed by atoms with Gasteiger partial charge < -0.3 is 10.6 Å². The van der Waals surface area contributed by atoms with Crippen molar-refractivity contribution in [3.05, 3.63) is 35.4 Å². The lowest BCUT2D eigenvalue weighted by molar-refractivity contribution is -0.138. The Hall–Kier alpha value is -1.35. The molecule has 3 heteroatoms. The fourth-order valence-electron chi connectivity index (χ4n) is 3.50. The van der Waals surface area contributed by atoms with Crippen LogP contribution in [0.4, 0.5) is 0 Å². The molecule has 102 valence electrons. The van der Waals surface area contributed by atoms with E-state index in [1.807, 2.05) is 0 Å². The van der Waals surface area contributed by atoms with Gasteiger partial charge in [0.25, 0.3) is 0 Å². The molecule has 1 atom stereocenters. The Kier molecular flexibility index (Phi) is 3.56. The molecule has 0 radical (unpaired) electrons. The maximum absolute atomic E-state index is 12.7. The van der Waals surface area contributed by atoms with Gasteiger partial charge in [0.2, 0.25) is 5.91 Å². The van der Waals surface area contributed by atoms with E-state index in [1.165, 1.54) is 17.5 Å². The molecule has 3 nitrogen and oxygen atoms in total. The van der Waals surface area contributed by atoms with E-state index in [-0.39, 0.29) is 12.0 Å². The molecule has 1 aliphatic carbocycles. The first-order valence-corrected chi connectivity index (χ1v) is 7.37. The minimum Gasteiger partial charge on any atom is -0.338 e. The summed E-state index contributed by atoms with van der Waals surface area (Å²) in [6.45, 7) is 1.50. The lowest BCUT2D eigenvalue weighted by Gasteiger charge is -2.36. The van der Waals surface area contributed by atoms with Crippen molar-refractivity contribution in [1.82, 2.24) is 4.90 Å². The molecule has 1 aromatic rings. The Morgan fingerprint density at radius 3 is 2.53 bits per heavy atom. The summed E-state index contributed by atoms with van der Waals surface area (Å²) < 4.78 is 0. The molecule has 3 rings (SSSR count). The number of carbonyl (C=O) groups is 1. The van der Waals surface area contributed by atoms with Crippen LogP contribution in [0.2, 0.25) is 0 Å². The quantitative estimate of drug-likeness (QED) is 0.878. The SMILES string of the molecule is NCC1CCCCN1C(=O)C1Cc2ccccc2C1. The average Bonchev–Trinajstić information content (AvgIpc) is 2.90. The fraction of sp³-hybridized carbons (Fsp3) is 0.562. The van der Waals surface area contributed by atoms with Crippen molar-refractivity contribution in [3.63, 3.8) is 0 Å². The number of hydrogen-bond donors (Lipinski definition) is 1. The van der Waals surface area contributed by atoms with Crippen LogP contribution in [0.5, 0.6) is 0 Å². The molecule has 1 fully saturated rings. The van der Waals surface area contributed by atoms with Gasteiger partial charge in [0.15, 0.2) is 0 Å². The molecule has 0 aromatic heterocycles. The van der Waals surface area contributed by atoms with Crippen LogP contribution in [0.15, 0.2) is 24.3 Å². The lowest BCUT2D eigenvalue weighted by Crippen LogP contribution is -2.49. The van der Waals surface area contributed by atoms with Crippen LogP contribution in [0.1, 0.15) is 30.4 Å². The number of benzene rings is 1. The van der Waals surface area contributed by atoms with Gasteiger partial charge in [-0.15, -0.1) is 0 Å². The highest BCUT2D eigenvalue weighted by molar-refractivity contribution is 5.81. The van der Waals surface area contributed by atoms with E-state index >= 15 is 0 Å². The molecule has 19 heavy (non-hydrogen) atoms. The number of likely N-dealkylation sites (tertiary alicyclic amines) is 1. The molecule has 1 aliphatic heterocycles. The van der Waals surface area contributed by atoms with Gasteiger partial charge in [0.1, 0.15) is 0 Å². The summed E-state index contributed by atoms with van der Waals surface area (Å²) in [5.74, 6) is 0.468. The van der Waals surface area contributed by atoms with Crippen LogP contribution >= 0.6 is 0 Å². The summed E-state index contributed by atoms with van der Waals surface area (Å²) in [5, 5.41) is 0. The van der Waals surface area contributed by atoms with E-state index in [2.05, 4.69) is 29.2 Å². The third kappa shape index (κ3) is 2.39. The third-order valence-corrected chi connectivity index (χ3v) is 4.58. The summed E-state index contributed by atoms with van der Waals surface area (Å²) >= 11 is 0. The van der Waals surface area contributed by atoms with Crippen molar-refractivity contribution < 1.29 is 4.79 Å². The fourth-order valence-corrected chi connectivity index (χ4v) is 3.50. The number of nitrogens with zero attached hydrogens (tertiary/aromatic N) is 1. The number of amides is 1. The van der Waals surface area contributed by atoms with E-state index in [4.69, 9.17) is 5.73 Å². The summed E-state index contributed by atoms with van der Waals surface area (Å²) in [5.41, 5.74) is 8.52. The number of nitrogens with two attached hydrogens (primary N) is 1. The molecule has 1 saturated heterocycles. The Morgan fingerprint density at radius 2 is 1.89 bits per heavy atom. The van der Waals surface area contributed by atoms with Crippen LogP contribution in [0, 0.1) is 5.92 Å². The van der Waals surface area contributed by atoms with E-state index < -0.39 is 0 Å². The van der Waals surface area contributed by atoms with Gasteiger partial charge in [-0.1, -0.05) is 24.3 Å². The highest BCUT2D eigenvalue weighted by atomic mass is 16.2. The van der Waals surface area contributed by atoms with Crippen molar-refractivity contribution in [2.75, 3.05) is 13.1 Å². The number of carbonyl (C=O) groups excluding carboxylic acids is 1. The predicted octanol–water partition coefficient (Wildman–Crippen LogP) is 1.74. The highest BCUT2D eigenvalue weighted by Gasteiger charge is 2.34. The summed E-state index contributed by atoms with van der Waals surface area (Å²) in [6.07, 6.45) is 5.21. The molecular weight excluding hydrogens is 236 g/mol. The van der Waals surface area contributed by atoms with E-state index in [0.717, 1.165) is 32.2 Å². The molecule has 1 unspecified atom stereocenters.